The van der Waals surface area contributed by atoms with Crippen LogP contribution in [0.3, 0.4) is 0 Å². The highest BCUT2D eigenvalue weighted by Crippen LogP contribution is 2.50. The summed E-state index contributed by atoms with van der Waals surface area (Å²) in [5.74, 6) is 0.111. The fourth-order valence-corrected chi connectivity index (χ4v) is 5.62. The van der Waals surface area contributed by atoms with Crippen LogP contribution >= 0.6 is 95.6 Å². The molecule has 0 aliphatic carbocycles. The summed E-state index contributed by atoms with van der Waals surface area (Å²) in [6, 6.07) is 12.2. The number of halogens is 6. The molecule has 0 aromatic heterocycles. The van der Waals surface area contributed by atoms with Crippen LogP contribution in [0.15, 0.2) is 42.5 Å². The molecule has 0 amide bonds. The molecule has 2 rings (SSSR count). The summed E-state index contributed by atoms with van der Waals surface area (Å²) in [7, 11) is 1.53. The van der Waals surface area contributed by atoms with Crippen molar-refractivity contribution in [3.05, 3.63) is 59.2 Å². The van der Waals surface area contributed by atoms with Gasteiger partial charge in [0.15, 0.2) is 5.78 Å². The van der Waals surface area contributed by atoms with E-state index in [2.05, 4.69) is 95.6 Å². The van der Waals surface area contributed by atoms with Crippen LogP contribution in [0.2, 0.25) is 0 Å². The van der Waals surface area contributed by atoms with Gasteiger partial charge < -0.3 is 9.84 Å². The van der Waals surface area contributed by atoms with E-state index in [9.17, 15) is 9.90 Å². The Bertz CT molecular complexity index is 881. The number of ether oxygens (including phenoxy) is 1. The Kier molecular flexibility index (Phi) is 11.1. The molecular weight excluding hydrogens is 792 g/mol. The van der Waals surface area contributed by atoms with Crippen LogP contribution in [0, 0.1) is 0 Å². The van der Waals surface area contributed by atoms with Crippen molar-refractivity contribution in [2.24, 2.45) is 0 Å². The van der Waals surface area contributed by atoms with E-state index in [1.807, 2.05) is 6.07 Å². The highest BCUT2D eigenvalue weighted by atomic mass is 80.0. The Hall–Kier alpha value is 0.590. The molecule has 2 aromatic carbocycles. The first-order valence-corrected chi connectivity index (χ1v) is 14.4. The summed E-state index contributed by atoms with van der Waals surface area (Å²) >= 11 is 21.9. The quantitative estimate of drug-likeness (QED) is 0.148. The maximum absolute atomic E-state index is 13.3. The summed E-state index contributed by atoms with van der Waals surface area (Å²) in [6.45, 7) is 0. The Labute approximate surface area is 233 Å². The number of phenolic OH excluding ortho intramolecular Hbond substituents is 1. The third-order valence-electron chi connectivity index (χ3n) is 4.76. The van der Waals surface area contributed by atoms with E-state index < -0.39 is 3.23 Å². The average Bonchev–Trinajstić information content (AvgIpc) is 2.72. The standard InChI is InChI=1S/C22H22Br6O3/c1-31-15-12-16(19(17(29)13-15)20(30)14-8-4-2-5-9-14)22(27,28)18(23)10-6-3-7-11-21(24,25)26/h2,4-5,8-9,12-13,18,29H,3,6-7,10-11H2,1H3. The maximum Gasteiger partial charge on any atom is 0.197 e. The van der Waals surface area contributed by atoms with Crippen molar-refractivity contribution >= 4 is 101 Å². The normalized spacial score (nSPS) is 13.1. The summed E-state index contributed by atoms with van der Waals surface area (Å²) in [5, 5.41) is 10.7. The largest absolute Gasteiger partial charge is 0.507 e. The molecule has 0 aliphatic heterocycles. The first-order chi connectivity index (χ1) is 14.5. The number of carbonyl (C=O) groups excluding carboxylic acids is 1. The second-order valence-electron chi connectivity index (χ2n) is 7.07. The van der Waals surface area contributed by atoms with Crippen LogP contribution in [0.1, 0.15) is 53.6 Å². The van der Waals surface area contributed by atoms with E-state index >= 15 is 0 Å². The van der Waals surface area contributed by atoms with E-state index in [-0.39, 0.29) is 24.1 Å². The molecule has 170 valence electrons. The third kappa shape index (κ3) is 8.09. The monoisotopic (exact) mass is 808 g/mol. The predicted molar refractivity (Wildman–Crippen MR) is 149 cm³/mol. The molecule has 0 bridgehead atoms. The molecular formula is C22H22Br6O3. The fraction of sp³-hybridized carbons (Fsp3) is 0.409. The lowest BCUT2D eigenvalue weighted by molar-refractivity contribution is 0.103. The van der Waals surface area contributed by atoms with Gasteiger partial charge in [0.2, 0.25) is 0 Å². The van der Waals surface area contributed by atoms with Gasteiger partial charge in [-0.3, -0.25) is 4.79 Å². The number of ketones is 1. The summed E-state index contributed by atoms with van der Waals surface area (Å²) in [4.78, 5) is 13.2. The van der Waals surface area contributed by atoms with Crippen molar-refractivity contribution in [2.45, 2.75) is 42.3 Å². The zero-order valence-corrected chi connectivity index (χ0v) is 26.2. The molecule has 0 saturated carbocycles. The molecule has 2 aromatic rings. The number of hydrogen-bond donors (Lipinski definition) is 1. The summed E-state index contributed by atoms with van der Waals surface area (Å²) in [6.07, 6.45) is 4.91. The van der Waals surface area contributed by atoms with E-state index in [1.54, 1.807) is 30.3 Å². The molecule has 31 heavy (non-hydrogen) atoms. The molecule has 9 heteroatoms. The van der Waals surface area contributed by atoms with Gasteiger partial charge in [-0.05, 0) is 24.5 Å². The van der Waals surface area contributed by atoms with Crippen molar-refractivity contribution in [3.8, 4) is 11.5 Å². The fourth-order valence-electron chi connectivity index (χ4n) is 3.13. The Morgan fingerprint density at radius 2 is 1.68 bits per heavy atom. The van der Waals surface area contributed by atoms with Crippen LogP contribution in [0.25, 0.3) is 0 Å². The third-order valence-corrected chi connectivity index (χ3v) is 10.3. The number of unbranched alkanes of at least 4 members (excludes halogenated alkanes) is 2. The van der Waals surface area contributed by atoms with Gasteiger partial charge in [-0.25, -0.2) is 0 Å². The van der Waals surface area contributed by atoms with Gasteiger partial charge in [-0.2, -0.15) is 0 Å². The zero-order valence-electron chi connectivity index (χ0n) is 16.7. The number of hydrogen-bond acceptors (Lipinski definition) is 3. The number of phenols is 1. The van der Waals surface area contributed by atoms with E-state index in [0.29, 0.717) is 16.9 Å². The minimum atomic E-state index is -0.782. The second kappa shape index (κ2) is 12.3. The SMILES string of the molecule is COc1cc(O)c(C(=O)c2ccccc2)c(C(Br)(Br)C(Br)CCCCCC(Br)(Br)Br)c1. The molecule has 0 fully saturated rings. The second-order valence-corrected chi connectivity index (χ2v) is 19.0. The molecule has 0 spiro atoms. The number of carbonyl (C=O) groups is 1. The molecule has 0 aliphatic rings. The maximum atomic E-state index is 13.3. The topological polar surface area (TPSA) is 46.5 Å². The van der Waals surface area contributed by atoms with Gasteiger partial charge in [0, 0.05) is 16.5 Å². The molecule has 0 heterocycles. The molecule has 1 unspecified atom stereocenters. The molecule has 1 atom stereocenters. The van der Waals surface area contributed by atoms with Crippen molar-refractivity contribution in [2.75, 3.05) is 7.11 Å². The van der Waals surface area contributed by atoms with E-state index in [1.165, 1.54) is 13.2 Å². The van der Waals surface area contributed by atoms with Crippen LogP contribution in [0.5, 0.6) is 11.5 Å². The van der Waals surface area contributed by atoms with Crippen LogP contribution in [0.4, 0.5) is 0 Å². The molecule has 1 N–H and O–H groups in total. The smallest absolute Gasteiger partial charge is 0.197 e. The van der Waals surface area contributed by atoms with Gasteiger partial charge in [0.1, 0.15) is 16.9 Å². The van der Waals surface area contributed by atoms with Gasteiger partial charge in [0.05, 0.1) is 12.7 Å². The zero-order chi connectivity index (χ0) is 23.2. The number of aromatic hydroxyl groups is 1. The lowest BCUT2D eigenvalue weighted by Gasteiger charge is -2.29. The van der Waals surface area contributed by atoms with E-state index in [0.717, 1.165) is 32.1 Å². The lowest BCUT2D eigenvalue weighted by Crippen LogP contribution is -2.25. The van der Waals surface area contributed by atoms with Crippen molar-refractivity contribution in [3.63, 3.8) is 0 Å². The molecule has 0 saturated heterocycles. The van der Waals surface area contributed by atoms with Crippen molar-refractivity contribution < 1.29 is 14.6 Å². The van der Waals surface area contributed by atoms with Crippen molar-refractivity contribution in [1.82, 2.24) is 0 Å². The Morgan fingerprint density at radius 1 is 1.03 bits per heavy atom. The van der Waals surface area contributed by atoms with E-state index in [4.69, 9.17) is 4.74 Å². The minimum Gasteiger partial charge on any atom is -0.507 e. The number of methoxy groups -OCH3 is 1. The Morgan fingerprint density at radius 3 is 2.26 bits per heavy atom. The highest BCUT2D eigenvalue weighted by molar-refractivity contribution is 9.39. The van der Waals surface area contributed by atoms with Gasteiger partial charge in [0.25, 0.3) is 0 Å². The number of rotatable bonds is 10. The summed E-state index contributed by atoms with van der Waals surface area (Å²) < 4.78 is 4.36. The van der Waals surface area contributed by atoms with Crippen LogP contribution in [-0.2, 0) is 3.23 Å². The Balaban J connectivity index is 2.29. The first kappa shape index (κ1) is 27.8. The van der Waals surface area contributed by atoms with Gasteiger partial charge >= 0.3 is 0 Å². The lowest BCUT2D eigenvalue weighted by atomic mass is 9.93. The number of alkyl halides is 6. The van der Waals surface area contributed by atoms with Crippen LogP contribution < -0.4 is 4.74 Å². The number of benzene rings is 2. The van der Waals surface area contributed by atoms with Crippen LogP contribution in [-0.4, -0.2) is 25.0 Å². The highest BCUT2D eigenvalue weighted by Gasteiger charge is 2.38. The van der Waals surface area contributed by atoms with Gasteiger partial charge in [-0.15, -0.1) is 0 Å². The minimum absolute atomic E-state index is 0.0458. The van der Waals surface area contributed by atoms with Gasteiger partial charge in [-0.1, -0.05) is 145 Å². The average molecular weight is 814 g/mol. The predicted octanol–water partition coefficient (Wildman–Crippen LogP) is 9.13. The molecule has 3 nitrogen and oxygen atoms in total. The summed E-state index contributed by atoms with van der Waals surface area (Å²) in [5.41, 5.74) is 1.36. The van der Waals surface area contributed by atoms with Crippen molar-refractivity contribution in [1.29, 1.82) is 0 Å². The first-order valence-electron chi connectivity index (χ1n) is 9.57. The molecule has 0 radical (unpaired) electrons.